The molecule has 0 atom stereocenters. The highest BCUT2D eigenvalue weighted by molar-refractivity contribution is 7.86. The third-order valence-corrected chi connectivity index (χ3v) is 2.21. The number of benzene rings is 1. The summed E-state index contributed by atoms with van der Waals surface area (Å²) in [5.41, 5.74) is 0.551. The van der Waals surface area contributed by atoms with E-state index in [1.54, 1.807) is 0 Å². The lowest BCUT2D eigenvalue weighted by Crippen LogP contribution is -2.11. The Balaban J connectivity index is 2.43. The van der Waals surface area contributed by atoms with Gasteiger partial charge >= 0.3 is 10.2 Å². The van der Waals surface area contributed by atoms with Crippen LogP contribution < -0.4 is 5.32 Å². The van der Waals surface area contributed by atoms with Gasteiger partial charge in [0.15, 0.2) is 0 Å². The van der Waals surface area contributed by atoms with Crippen molar-refractivity contribution < 1.29 is 16.7 Å². The zero-order valence-electron chi connectivity index (χ0n) is 7.20. The summed E-state index contributed by atoms with van der Waals surface area (Å²) in [4.78, 5) is 0. The third kappa shape index (κ3) is 4.18. The van der Waals surface area contributed by atoms with Crippen molar-refractivity contribution in [1.82, 2.24) is 0 Å². The summed E-state index contributed by atoms with van der Waals surface area (Å²) in [6, 6.07) is 5.35. The summed E-state index contributed by atoms with van der Waals surface area (Å²) < 4.78 is 44.7. The van der Waals surface area contributed by atoms with Crippen LogP contribution in [-0.4, -0.2) is 20.7 Å². The van der Waals surface area contributed by atoms with Gasteiger partial charge in [0, 0.05) is 12.2 Å². The Morgan fingerprint density at radius 1 is 1.21 bits per heavy atom. The molecule has 0 aliphatic rings. The van der Waals surface area contributed by atoms with Gasteiger partial charge in [0.05, 0.1) is 5.75 Å². The Labute approximate surface area is 81.0 Å². The smallest absolute Gasteiger partial charge is 0.304 e. The van der Waals surface area contributed by atoms with Crippen molar-refractivity contribution in [1.29, 1.82) is 0 Å². The van der Waals surface area contributed by atoms with Crippen LogP contribution in [0.15, 0.2) is 24.3 Å². The zero-order valence-corrected chi connectivity index (χ0v) is 8.02. The molecule has 0 bridgehead atoms. The summed E-state index contributed by atoms with van der Waals surface area (Å²) in [5, 5.41) is 2.64. The van der Waals surface area contributed by atoms with Crippen molar-refractivity contribution in [3.63, 3.8) is 0 Å². The van der Waals surface area contributed by atoms with E-state index in [9.17, 15) is 16.7 Å². The second-order valence-corrected chi connectivity index (χ2v) is 4.16. The molecule has 1 aromatic rings. The van der Waals surface area contributed by atoms with Crippen LogP contribution in [0.5, 0.6) is 0 Å². The van der Waals surface area contributed by atoms with E-state index in [0.29, 0.717) is 5.69 Å². The Kier molecular flexibility index (Phi) is 3.40. The van der Waals surface area contributed by atoms with Crippen LogP contribution in [-0.2, 0) is 10.2 Å². The highest BCUT2D eigenvalue weighted by atomic mass is 32.3. The summed E-state index contributed by atoms with van der Waals surface area (Å²) in [6.45, 7) is -0.0372. The zero-order chi connectivity index (χ0) is 10.6. The first-order chi connectivity index (χ1) is 6.47. The minimum Gasteiger partial charge on any atom is -0.384 e. The average molecular weight is 221 g/mol. The Bertz CT molecular complexity index is 388. The number of anilines is 1. The normalized spacial score (nSPS) is 11.3. The predicted molar refractivity (Wildman–Crippen MR) is 49.8 cm³/mol. The highest BCUT2D eigenvalue weighted by Gasteiger charge is 2.05. The fourth-order valence-electron chi connectivity index (χ4n) is 0.885. The summed E-state index contributed by atoms with van der Waals surface area (Å²) in [6.07, 6.45) is 0. The van der Waals surface area contributed by atoms with Gasteiger partial charge < -0.3 is 5.32 Å². The molecule has 0 saturated carbocycles. The van der Waals surface area contributed by atoms with Crippen LogP contribution in [0.2, 0.25) is 0 Å². The summed E-state index contributed by atoms with van der Waals surface area (Å²) in [5.74, 6) is -0.974. The quantitative estimate of drug-likeness (QED) is 0.784. The van der Waals surface area contributed by atoms with E-state index in [2.05, 4.69) is 5.32 Å². The molecular formula is C8H9F2NO2S. The largest absolute Gasteiger partial charge is 0.384 e. The van der Waals surface area contributed by atoms with Crippen molar-refractivity contribution in [3.05, 3.63) is 30.1 Å². The van der Waals surface area contributed by atoms with Crippen LogP contribution in [0.3, 0.4) is 0 Å². The van der Waals surface area contributed by atoms with E-state index in [1.165, 1.54) is 24.3 Å². The van der Waals surface area contributed by atoms with Gasteiger partial charge in [-0.25, -0.2) is 4.39 Å². The molecule has 1 rings (SSSR count). The first kappa shape index (κ1) is 10.9. The van der Waals surface area contributed by atoms with Crippen LogP contribution in [0, 0.1) is 5.82 Å². The molecule has 0 radical (unpaired) electrons. The van der Waals surface area contributed by atoms with E-state index in [4.69, 9.17) is 0 Å². The molecule has 0 fully saturated rings. The molecule has 0 spiro atoms. The van der Waals surface area contributed by atoms with Gasteiger partial charge in [-0.3, -0.25) is 0 Å². The monoisotopic (exact) mass is 221 g/mol. The van der Waals surface area contributed by atoms with Crippen LogP contribution >= 0.6 is 0 Å². The lowest BCUT2D eigenvalue weighted by molar-refractivity contribution is 0.552. The predicted octanol–water partition coefficient (Wildman–Crippen LogP) is 1.54. The molecule has 78 valence electrons. The van der Waals surface area contributed by atoms with E-state index in [0.717, 1.165) is 0 Å². The second-order valence-electron chi connectivity index (χ2n) is 2.68. The Morgan fingerprint density at radius 3 is 2.29 bits per heavy atom. The van der Waals surface area contributed by atoms with Crippen LogP contribution in [0.4, 0.5) is 14.0 Å². The SMILES string of the molecule is O=S(=O)(F)CCNc1ccc(F)cc1. The standard InChI is InChI=1S/C8H9F2NO2S/c9-7-1-3-8(4-2-7)11-5-6-14(10,12)13/h1-4,11H,5-6H2. The van der Waals surface area contributed by atoms with E-state index >= 15 is 0 Å². The molecule has 0 amide bonds. The van der Waals surface area contributed by atoms with Crippen LogP contribution in [0.1, 0.15) is 0 Å². The summed E-state index contributed by atoms with van der Waals surface area (Å²) >= 11 is 0. The molecule has 0 unspecified atom stereocenters. The van der Waals surface area contributed by atoms with Gasteiger partial charge in [-0.2, -0.15) is 8.42 Å². The van der Waals surface area contributed by atoms with Gasteiger partial charge in [-0.15, -0.1) is 3.89 Å². The van der Waals surface area contributed by atoms with Crippen LogP contribution in [0.25, 0.3) is 0 Å². The lowest BCUT2D eigenvalue weighted by atomic mass is 10.3. The molecule has 3 nitrogen and oxygen atoms in total. The molecule has 0 saturated heterocycles. The second kappa shape index (κ2) is 4.36. The number of halogens is 2. The first-order valence-corrected chi connectivity index (χ1v) is 5.44. The van der Waals surface area contributed by atoms with Gasteiger partial charge in [-0.05, 0) is 24.3 Å². The van der Waals surface area contributed by atoms with Crippen molar-refractivity contribution >= 4 is 15.9 Å². The maximum atomic E-state index is 12.4. The number of hydrogen-bond acceptors (Lipinski definition) is 3. The molecule has 0 aliphatic heterocycles. The van der Waals surface area contributed by atoms with E-state index in [1.807, 2.05) is 0 Å². The van der Waals surface area contributed by atoms with Crippen molar-refractivity contribution in [2.45, 2.75) is 0 Å². The van der Waals surface area contributed by atoms with E-state index < -0.39 is 16.0 Å². The highest BCUT2D eigenvalue weighted by Crippen LogP contribution is 2.07. The molecule has 1 aromatic carbocycles. The lowest BCUT2D eigenvalue weighted by Gasteiger charge is -2.03. The van der Waals surface area contributed by atoms with E-state index in [-0.39, 0.29) is 12.4 Å². The van der Waals surface area contributed by atoms with Gasteiger partial charge in [0.2, 0.25) is 0 Å². The van der Waals surface area contributed by atoms with Gasteiger partial charge in [-0.1, -0.05) is 0 Å². The number of rotatable bonds is 4. The van der Waals surface area contributed by atoms with Crippen molar-refractivity contribution in [3.8, 4) is 0 Å². The minimum atomic E-state index is -4.44. The molecule has 14 heavy (non-hydrogen) atoms. The molecule has 0 aliphatic carbocycles. The average Bonchev–Trinajstić information content (AvgIpc) is 2.06. The van der Waals surface area contributed by atoms with Crippen molar-refractivity contribution in [2.75, 3.05) is 17.6 Å². The maximum absolute atomic E-state index is 12.4. The fourth-order valence-corrected chi connectivity index (χ4v) is 1.23. The number of nitrogens with one attached hydrogen (secondary N) is 1. The molecule has 6 heteroatoms. The molecular weight excluding hydrogens is 212 g/mol. The first-order valence-electron chi connectivity index (χ1n) is 3.89. The molecule has 1 N–H and O–H groups in total. The Morgan fingerprint density at radius 2 is 1.79 bits per heavy atom. The topological polar surface area (TPSA) is 46.2 Å². The Hall–Kier alpha value is -1.17. The number of hydrogen-bond donors (Lipinski definition) is 1. The molecule has 0 aromatic heterocycles. The maximum Gasteiger partial charge on any atom is 0.304 e. The minimum absolute atomic E-state index is 0.0372. The van der Waals surface area contributed by atoms with Gasteiger partial charge in [0.1, 0.15) is 5.82 Å². The summed E-state index contributed by atoms with van der Waals surface area (Å²) in [7, 11) is -4.44. The fraction of sp³-hybridized carbons (Fsp3) is 0.250. The molecule has 0 heterocycles. The van der Waals surface area contributed by atoms with Gasteiger partial charge in [0.25, 0.3) is 0 Å². The third-order valence-electron chi connectivity index (χ3n) is 1.52. The van der Waals surface area contributed by atoms with Crippen molar-refractivity contribution in [2.24, 2.45) is 0 Å².